The summed E-state index contributed by atoms with van der Waals surface area (Å²) in [6.45, 7) is 7.80. The van der Waals surface area contributed by atoms with Crippen molar-refractivity contribution in [1.29, 1.82) is 0 Å². The number of rotatable bonds is 10. The van der Waals surface area contributed by atoms with Crippen molar-refractivity contribution in [3.63, 3.8) is 0 Å². The van der Waals surface area contributed by atoms with Crippen molar-refractivity contribution >= 4 is 23.7 Å². The fourth-order valence-electron chi connectivity index (χ4n) is 3.36. The summed E-state index contributed by atoms with van der Waals surface area (Å²) >= 11 is 1.64. The van der Waals surface area contributed by atoms with Crippen molar-refractivity contribution in [3.8, 4) is 0 Å². The van der Waals surface area contributed by atoms with Crippen LogP contribution >= 0.6 is 11.9 Å². The third-order valence-electron chi connectivity index (χ3n) is 4.82. The monoisotopic (exact) mass is 337 g/mol. The second kappa shape index (κ2) is 9.48. The minimum Gasteiger partial charge on any atom is -0.312 e. The number of carbonyl (C=O) groups is 1. The van der Waals surface area contributed by atoms with Gasteiger partial charge in [-0.25, -0.2) is 4.31 Å². The van der Waals surface area contributed by atoms with Crippen LogP contribution in [0, 0.1) is 0 Å². The Morgan fingerprint density at radius 2 is 1.87 bits per heavy atom. The first kappa shape index (κ1) is 18.5. The van der Waals surface area contributed by atoms with Crippen LogP contribution in [0.1, 0.15) is 71.1 Å². The van der Waals surface area contributed by atoms with Crippen LogP contribution in [-0.4, -0.2) is 34.7 Å². The summed E-state index contributed by atoms with van der Waals surface area (Å²) < 4.78 is 2.26. The molecule has 2 rings (SSSR count). The highest BCUT2D eigenvalue weighted by Crippen LogP contribution is 2.33. The van der Waals surface area contributed by atoms with Crippen LogP contribution in [-0.2, 0) is 4.79 Å². The highest BCUT2D eigenvalue weighted by atomic mass is 32.2. The number of amidine groups is 1. The quantitative estimate of drug-likeness (QED) is 0.478. The number of unbranched alkanes of at least 4 members (excludes halogenated alkanes) is 6. The van der Waals surface area contributed by atoms with E-state index in [1.165, 1.54) is 38.5 Å². The van der Waals surface area contributed by atoms with E-state index in [2.05, 4.69) is 23.1 Å². The molecular formula is C18H31N3OS. The molecule has 4 nitrogen and oxygen atoms in total. The zero-order valence-corrected chi connectivity index (χ0v) is 15.3. The molecule has 1 N–H and O–H groups in total. The SMILES string of the molecule is C=CSN1CCC2(CC1)N=C(CCCCCCCCC)NC2=O. The second-order valence-electron chi connectivity index (χ2n) is 6.62. The Kier molecular flexibility index (Phi) is 7.63. The van der Waals surface area contributed by atoms with Gasteiger partial charge in [-0.3, -0.25) is 9.79 Å². The zero-order chi connectivity index (χ0) is 16.5. The van der Waals surface area contributed by atoms with Gasteiger partial charge in [-0.05, 0) is 24.7 Å². The van der Waals surface area contributed by atoms with Gasteiger partial charge < -0.3 is 5.32 Å². The molecule has 5 heteroatoms. The fraction of sp³-hybridized carbons (Fsp3) is 0.778. The molecule has 23 heavy (non-hydrogen) atoms. The molecule has 1 amide bonds. The first-order chi connectivity index (χ1) is 11.2. The third kappa shape index (κ3) is 5.35. The van der Waals surface area contributed by atoms with Gasteiger partial charge in [-0.2, -0.15) is 0 Å². The molecule has 2 aliphatic heterocycles. The van der Waals surface area contributed by atoms with Crippen molar-refractivity contribution in [1.82, 2.24) is 9.62 Å². The van der Waals surface area contributed by atoms with Gasteiger partial charge >= 0.3 is 0 Å². The Morgan fingerprint density at radius 1 is 1.22 bits per heavy atom. The molecule has 0 unspecified atom stereocenters. The predicted octanol–water partition coefficient (Wildman–Crippen LogP) is 4.28. The molecule has 1 spiro atoms. The number of aliphatic imine (C=N–C) groups is 1. The van der Waals surface area contributed by atoms with E-state index in [1.807, 2.05) is 5.41 Å². The van der Waals surface area contributed by atoms with Gasteiger partial charge in [-0.15, -0.1) is 0 Å². The molecule has 1 fully saturated rings. The summed E-state index contributed by atoms with van der Waals surface area (Å²) in [6, 6.07) is 0. The van der Waals surface area contributed by atoms with Crippen LogP contribution in [0.25, 0.3) is 0 Å². The molecule has 2 heterocycles. The summed E-state index contributed by atoms with van der Waals surface area (Å²) in [4.78, 5) is 17.2. The van der Waals surface area contributed by atoms with E-state index < -0.39 is 5.54 Å². The lowest BCUT2D eigenvalue weighted by molar-refractivity contribution is -0.124. The van der Waals surface area contributed by atoms with E-state index in [4.69, 9.17) is 4.99 Å². The number of hydrogen-bond donors (Lipinski definition) is 1. The van der Waals surface area contributed by atoms with Gasteiger partial charge in [0.15, 0.2) is 0 Å². The summed E-state index contributed by atoms with van der Waals surface area (Å²) in [5.74, 6) is 1.05. The summed E-state index contributed by atoms with van der Waals surface area (Å²) in [5, 5.41) is 4.89. The van der Waals surface area contributed by atoms with Crippen molar-refractivity contribution in [3.05, 3.63) is 12.0 Å². The fourth-order valence-corrected chi connectivity index (χ4v) is 3.96. The van der Waals surface area contributed by atoms with Gasteiger partial charge in [0.1, 0.15) is 11.4 Å². The molecule has 0 aromatic carbocycles. The molecule has 130 valence electrons. The second-order valence-corrected chi connectivity index (χ2v) is 7.68. The first-order valence-corrected chi connectivity index (χ1v) is 9.96. The van der Waals surface area contributed by atoms with Crippen molar-refractivity contribution in [2.75, 3.05) is 13.1 Å². The summed E-state index contributed by atoms with van der Waals surface area (Å²) in [5.41, 5.74) is -0.477. The molecule has 0 saturated carbocycles. The molecule has 0 aromatic rings. The van der Waals surface area contributed by atoms with Crippen molar-refractivity contribution in [2.45, 2.75) is 76.7 Å². The number of hydrogen-bond acceptors (Lipinski definition) is 4. The lowest BCUT2D eigenvalue weighted by Gasteiger charge is -2.33. The molecule has 0 aromatic heterocycles. The van der Waals surface area contributed by atoms with Crippen molar-refractivity contribution in [2.24, 2.45) is 4.99 Å². The molecule has 1 saturated heterocycles. The van der Waals surface area contributed by atoms with Gasteiger partial charge in [-0.1, -0.05) is 64.0 Å². The van der Waals surface area contributed by atoms with E-state index in [-0.39, 0.29) is 5.91 Å². The molecular weight excluding hydrogens is 306 g/mol. The molecule has 0 aliphatic carbocycles. The maximum Gasteiger partial charge on any atom is 0.253 e. The van der Waals surface area contributed by atoms with Crippen LogP contribution in [0.3, 0.4) is 0 Å². The normalized spacial score (nSPS) is 20.6. The molecule has 0 atom stereocenters. The summed E-state index contributed by atoms with van der Waals surface area (Å²) in [7, 11) is 0. The van der Waals surface area contributed by atoms with Crippen LogP contribution < -0.4 is 5.32 Å². The van der Waals surface area contributed by atoms with Crippen LogP contribution in [0.5, 0.6) is 0 Å². The van der Waals surface area contributed by atoms with E-state index in [1.54, 1.807) is 11.9 Å². The Labute approximate surface area is 145 Å². The minimum atomic E-state index is -0.477. The Bertz CT molecular complexity index is 428. The highest BCUT2D eigenvalue weighted by molar-refractivity contribution is 7.99. The number of nitrogens with one attached hydrogen (secondary N) is 1. The largest absolute Gasteiger partial charge is 0.312 e. The summed E-state index contributed by atoms with van der Waals surface area (Å²) in [6.07, 6.45) is 11.6. The van der Waals surface area contributed by atoms with Gasteiger partial charge in [0.2, 0.25) is 0 Å². The number of carbonyl (C=O) groups excluding carboxylic acids is 1. The van der Waals surface area contributed by atoms with Gasteiger partial charge in [0, 0.05) is 19.5 Å². The Morgan fingerprint density at radius 3 is 2.52 bits per heavy atom. The topological polar surface area (TPSA) is 44.7 Å². The maximum atomic E-state index is 12.4. The highest BCUT2D eigenvalue weighted by Gasteiger charge is 2.45. The predicted molar refractivity (Wildman–Crippen MR) is 99.5 cm³/mol. The van der Waals surface area contributed by atoms with Crippen LogP contribution in [0.4, 0.5) is 0 Å². The lowest BCUT2D eigenvalue weighted by atomic mass is 9.89. The molecule has 0 bridgehead atoms. The zero-order valence-electron chi connectivity index (χ0n) is 14.5. The van der Waals surface area contributed by atoms with E-state index in [0.29, 0.717) is 0 Å². The lowest BCUT2D eigenvalue weighted by Crippen LogP contribution is -2.47. The number of piperidine rings is 1. The van der Waals surface area contributed by atoms with E-state index in [0.717, 1.165) is 44.6 Å². The van der Waals surface area contributed by atoms with Crippen LogP contribution in [0.2, 0.25) is 0 Å². The van der Waals surface area contributed by atoms with Gasteiger partial charge in [0.05, 0.1) is 0 Å². The molecule has 0 radical (unpaired) electrons. The van der Waals surface area contributed by atoms with E-state index in [9.17, 15) is 4.79 Å². The van der Waals surface area contributed by atoms with Crippen LogP contribution in [0.15, 0.2) is 17.0 Å². The Hall–Kier alpha value is -0.810. The Balaban J connectivity index is 1.71. The third-order valence-corrected chi connectivity index (χ3v) is 5.63. The average molecular weight is 338 g/mol. The van der Waals surface area contributed by atoms with E-state index >= 15 is 0 Å². The van der Waals surface area contributed by atoms with Crippen molar-refractivity contribution < 1.29 is 4.79 Å². The number of amides is 1. The average Bonchev–Trinajstić information content (AvgIpc) is 2.85. The molecule has 2 aliphatic rings. The van der Waals surface area contributed by atoms with Gasteiger partial charge in [0.25, 0.3) is 5.91 Å². The maximum absolute atomic E-state index is 12.4. The number of nitrogens with zero attached hydrogens (tertiary/aromatic N) is 2. The first-order valence-electron chi connectivity index (χ1n) is 9.13. The smallest absolute Gasteiger partial charge is 0.253 e. The standard InChI is InChI=1S/C18H31N3OS/c1-3-5-6-7-8-9-10-11-16-19-17(22)18(20-16)12-14-21(15-13-18)23-4-2/h4H,2-3,5-15H2,1H3,(H,19,20,22). The minimum absolute atomic E-state index is 0.124.